The summed E-state index contributed by atoms with van der Waals surface area (Å²) < 4.78 is 0. The lowest BCUT2D eigenvalue weighted by Gasteiger charge is -2.32. The van der Waals surface area contributed by atoms with E-state index in [0.29, 0.717) is 17.5 Å². The van der Waals surface area contributed by atoms with Crippen molar-refractivity contribution < 1.29 is 14.7 Å². The lowest BCUT2D eigenvalue weighted by Crippen LogP contribution is -2.43. The average molecular weight is 364 g/mol. The van der Waals surface area contributed by atoms with E-state index >= 15 is 0 Å². The molecule has 0 spiro atoms. The number of carboxylic acids is 1. The number of halogens is 1. The molecule has 24 heavy (non-hydrogen) atoms. The molecule has 0 aliphatic carbocycles. The first-order valence-corrected chi connectivity index (χ1v) is 8.79. The highest BCUT2D eigenvalue weighted by molar-refractivity contribution is 7.98. The smallest absolute Gasteiger partial charge is 0.316 e. The minimum absolute atomic E-state index is 0.00152. The van der Waals surface area contributed by atoms with Gasteiger partial charge in [-0.25, -0.2) is 9.97 Å². The number of carbonyl (C=O) groups is 2. The number of aliphatic carboxylic acids is 1. The van der Waals surface area contributed by atoms with Crippen LogP contribution in [0.4, 0.5) is 5.82 Å². The molecule has 1 aromatic carbocycles. The van der Waals surface area contributed by atoms with E-state index < -0.39 is 17.7 Å². The molecule has 2 aromatic rings. The summed E-state index contributed by atoms with van der Waals surface area (Å²) in [4.78, 5) is 34.2. The SMILES string of the molecule is CSc1nc(Cl)c2c(n1)N(Cc1ccccc1)CC(C(=O)O)C2=O. The molecule has 0 amide bonds. The quantitative estimate of drug-likeness (QED) is 0.387. The maximum atomic E-state index is 12.5. The van der Waals surface area contributed by atoms with Gasteiger partial charge in [0.15, 0.2) is 10.9 Å². The number of carbonyl (C=O) groups excluding carboxylic acids is 1. The molecule has 1 N–H and O–H groups in total. The van der Waals surface area contributed by atoms with Gasteiger partial charge in [-0.3, -0.25) is 9.59 Å². The van der Waals surface area contributed by atoms with Crippen LogP contribution < -0.4 is 4.90 Å². The van der Waals surface area contributed by atoms with Gasteiger partial charge >= 0.3 is 5.97 Å². The van der Waals surface area contributed by atoms with Crippen LogP contribution >= 0.6 is 23.4 Å². The zero-order valence-corrected chi connectivity index (χ0v) is 14.3. The Balaban J connectivity index is 2.09. The fourth-order valence-corrected chi connectivity index (χ4v) is 3.30. The van der Waals surface area contributed by atoms with Gasteiger partial charge in [0.05, 0.1) is 5.56 Å². The highest BCUT2D eigenvalue weighted by Crippen LogP contribution is 2.34. The highest BCUT2D eigenvalue weighted by Gasteiger charge is 2.39. The van der Waals surface area contributed by atoms with Crippen LogP contribution in [0.2, 0.25) is 5.15 Å². The second-order valence-electron chi connectivity index (χ2n) is 5.32. The van der Waals surface area contributed by atoms with Gasteiger partial charge in [-0.05, 0) is 11.8 Å². The van der Waals surface area contributed by atoms with Crippen molar-refractivity contribution >= 4 is 40.9 Å². The Labute approximate surface area is 147 Å². The van der Waals surface area contributed by atoms with Crippen molar-refractivity contribution in [1.82, 2.24) is 9.97 Å². The number of ketones is 1. The molecule has 1 aliphatic heterocycles. The van der Waals surface area contributed by atoms with Crippen molar-refractivity contribution in [2.75, 3.05) is 17.7 Å². The van der Waals surface area contributed by atoms with Crippen molar-refractivity contribution in [3.8, 4) is 0 Å². The lowest BCUT2D eigenvalue weighted by atomic mass is 9.93. The summed E-state index contributed by atoms with van der Waals surface area (Å²) in [5.41, 5.74) is 1.08. The van der Waals surface area contributed by atoms with Gasteiger partial charge in [0.2, 0.25) is 0 Å². The molecule has 1 atom stereocenters. The van der Waals surface area contributed by atoms with Crippen LogP contribution in [0.15, 0.2) is 35.5 Å². The first kappa shape index (κ1) is 16.7. The third kappa shape index (κ3) is 3.09. The van der Waals surface area contributed by atoms with Gasteiger partial charge in [-0.2, -0.15) is 0 Å². The van der Waals surface area contributed by atoms with Crippen LogP contribution in [-0.4, -0.2) is 39.6 Å². The Morgan fingerprint density at radius 2 is 2.08 bits per heavy atom. The molecule has 3 rings (SSSR count). The predicted octanol–water partition coefficient (Wildman–Crippen LogP) is 2.76. The number of benzene rings is 1. The average Bonchev–Trinajstić information content (AvgIpc) is 2.57. The summed E-state index contributed by atoms with van der Waals surface area (Å²) in [5, 5.41) is 9.82. The van der Waals surface area contributed by atoms with Crippen LogP contribution in [-0.2, 0) is 11.3 Å². The molecular weight excluding hydrogens is 350 g/mol. The van der Waals surface area contributed by atoms with Crippen molar-refractivity contribution in [3.05, 3.63) is 46.6 Å². The van der Waals surface area contributed by atoms with Gasteiger partial charge < -0.3 is 10.0 Å². The van der Waals surface area contributed by atoms with E-state index in [9.17, 15) is 14.7 Å². The topological polar surface area (TPSA) is 83.4 Å². The summed E-state index contributed by atoms with van der Waals surface area (Å²) in [5.74, 6) is -2.50. The number of anilines is 1. The van der Waals surface area contributed by atoms with Gasteiger partial charge in [0.25, 0.3) is 0 Å². The van der Waals surface area contributed by atoms with E-state index in [-0.39, 0.29) is 17.3 Å². The maximum Gasteiger partial charge on any atom is 0.316 e. The Bertz CT molecular complexity index is 801. The highest BCUT2D eigenvalue weighted by atomic mass is 35.5. The van der Waals surface area contributed by atoms with Crippen molar-refractivity contribution in [2.45, 2.75) is 11.7 Å². The third-order valence-corrected chi connectivity index (χ3v) is 4.61. The zero-order valence-electron chi connectivity index (χ0n) is 12.8. The normalized spacial score (nSPS) is 16.8. The van der Waals surface area contributed by atoms with E-state index in [0.717, 1.165) is 5.56 Å². The van der Waals surface area contributed by atoms with E-state index in [1.807, 2.05) is 36.6 Å². The molecule has 0 radical (unpaired) electrons. The number of hydrogen-bond donors (Lipinski definition) is 1. The summed E-state index contributed by atoms with van der Waals surface area (Å²) in [6, 6.07) is 9.58. The maximum absolute atomic E-state index is 12.5. The summed E-state index contributed by atoms with van der Waals surface area (Å²) in [7, 11) is 0. The van der Waals surface area contributed by atoms with E-state index in [1.54, 1.807) is 4.90 Å². The number of thioether (sulfide) groups is 1. The second-order valence-corrected chi connectivity index (χ2v) is 6.45. The van der Waals surface area contributed by atoms with Crippen LogP contribution in [0, 0.1) is 5.92 Å². The molecule has 0 fully saturated rings. The third-order valence-electron chi connectivity index (χ3n) is 3.79. The van der Waals surface area contributed by atoms with Crippen LogP contribution in [0.1, 0.15) is 15.9 Å². The molecule has 124 valence electrons. The van der Waals surface area contributed by atoms with Crippen molar-refractivity contribution in [2.24, 2.45) is 5.92 Å². The number of Topliss-reactive ketones (excluding diaryl/α,β-unsaturated/α-hetero) is 1. The summed E-state index contributed by atoms with van der Waals surface area (Å²) in [6.45, 7) is 0.489. The molecular formula is C16H14ClN3O3S. The minimum Gasteiger partial charge on any atom is -0.481 e. The summed E-state index contributed by atoms with van der Waals surface area (Å²) in [6.07, 6.45) is 1.81. The standard InChI is InChI=1S/C16H14ClN3O3S/c1-24-16-18-13(17)11-12(21)10(15(22)23)8-20(14(11)19-16)7-9-5-3-2-4-6-9/h2-6,10H,7-8H2,1H3,(H,22,23). The summed E-state index contributed by atoms with van der Waals surface area (Å²) >= 11 is 7.47. The first-order chi connectivity index (χ1) is 11.5. The van der Waals surface area contributed by atoms with Crippen LogP contribution in [0.25, 0.3) is 0 Å². The van der Waals surface area contributed by atoms with E-state index in [2.05, 4.69) is 9.97 Å². The minimum atomic E-state index is -1.18. The lowest BCUT2D eigenvalue weighted by molar-refractivity contribution is -0.139. The van der Waals surface area contributed by atoms with E-state index in [1.165, 1.54) is 11.8 Å². The molecule has 0 saturated carbocycles. The number of hydrogen-bond acceptors (Lipinski definition) is 6. The number of nitrogens with zero attached hydrogens (tertiary/aromatic N) is 3. The monoisotopic (exact) mass is 363 g/mol. The van der Waals surface area contributed by atoms with Crippen LogP contribution in [0.3, 0.4) is 0 Å². The molecule has 0 bridgehead atoms. The van der Waals surface area contributed by atoms with Crippen molar-refractivity contribution in [1.29, 1.82) is 0 Å². The van der Waals surface area contributed by atoms with Gasteiger partial charge in [-0.15, -0.1) is 0 Å². The molecule has 6 nitrogen and oxygen atoms in total. The van der Waals surface area contributed by atoms with Gasteiger partial charge in [0.1, 0.15) is 16.9 Å². The number of carboxylic acid groups (broad SMARTS) is 1. The Morgan fingerprint density at radius 1 is 1.38 bits per heavy atom. The zero-order chi connectivity index (χ0) is 17.3. The molecule has 1 aromatic heterocycles. The largest absolute Gasteiger partial charge is 0.481 e. The van der Waals surface area contributed by atoms with Gasteiger partial charge in [0, 0.05) is 13.1 Å². The number of fused-ring (bicyclic) bond motifs is 1. The predicted molar refractivity (Wildman–Crippen MR) is 91.8 cm³/mol. The molecule has 1 aliphatic rings. The molecule has 8 heteroatoms. The molecule has 0 saturated heterocycles. The molecule has 2 heterocycles. The fourth-order valence-electron chi connectivity index (χ4n) is 2.63. The Morgan fingerprint density at radius 3 is 2.71 bits per heavy atom. The Kier molecular flexibility index (Phi) is 4.73. The number of aromatic nitrogens is 2. The second kappa shape index (κ2) is 6.78. The molecule has 1 unspecified atom stereocenters. The first-order valence-electron chi connectivity index (χ1n) is 7.18. The van der Waals surface area contributed by atoms with E-state index in [4.69, 9.17) is 11.6 Å². The van der Waals surface area contributed by atoms with Gasteiger partial charge in [-0.1, -0.05) is 53.7 Å². The van der Waals surface area contributed by atoms with Crippen LogP contribution in [0.5, 0.6) is 0 Å². The number of rotatable bonds is 4. The van der Waals surface area contributed by atoms with Crippen molar-refractivity contribution in [3.63, 3.8) is 0 Å². The Hall–Kier alpha value is -2.12. The fraction of sp³-hybridized carbons (Fsp3) is 0.250.